The van der Waals surface area contributed by atoms with Crippen molar-refractivity contribution < 1.29 is 13.9 Å². The smallest absolute Gasteiger partial charge is 0.186 e. The standard InChI is InChI=1S/C24H20FN5O2/c1-31-18-12-9-16(21(13-18)32-2)14-26-23-19-5-3-4-6-20(19)30-24(27-23)22(28-29-30)15-7-10-17(25)11-8-15/h3-13H,14H2,1-2H3,(H,26,27). The molecule has 5 aromatic rings. The zero-order chi connectivity index (χ0) is 22.1. The molecule has 2 heterocycles. The van der Waals surface area contributed by atoms with Crippen LogP contribution in [0.25, 0.3) is 27.8 Å². The average Bonchev–Trinajstić information content (AvgIpc) is 3.27. The number of methoxy groups -OCH3 is 2. The second-order valence-corrected chi connectivity index (χ2v) is 7.19. The number of para-hydroxylation sites is 1. The summed E-state index contributed by atoms with van der Waals surface area (Å²) >= 11 is 0. The predicted octanol–water partition coefficient (Wildman–Crippen LogP) is 4.71. The lowest BCUT2D eigenvalue weighted by Crippen LogP contribution is -2.06. The topological polar surface area (TPSA) is 73.6 Å². The van der Waals surface area contributed by atoms with Crippen LogP contribution >= 0.6 is 0 Å². The number of aromatic nitrogens is 4. The van der Waals surface area contributed by atoms with Gasteiger partial charge in [-0.2, -0.15) is 4.52 Å². The first kappa shape index (κ1) is 19.7. The zero-order valence-electron chi connectivity index (χ0n) is 17.5. The number of nitrogens with zero attached hydrogens (tertiary/aromatic N) is 4. The van der Waals surface area contributed by atoms with Crippen molar-refractivity contribution in [3.63, 3.8) is 0 Å². The molecule has 160 valence electrons. The lowest BCUT2D eigenvalue weighted by molar-refractivity contribution is 0.391. The molecule has 7 nitrogen and oxygen atoms in total. The van der Waals surface area contributed by atoms with Crippen LogP contribution in [-0.4, -0.2) is 34.0 Å². The lowest BCUT2D eigenvalue weighted by atomic mass is 10.1. The Morgan fingerprint density at radius 1 is 0.969 bits per heavy atom. The molecule has 0 radical (unpaired) electrons. The molecule has 0 atom stereocenters. The van der Waals surface area contributed by atoms with Crippen molar-refractivity contribution in [3.8, 4) is 22.8 Å². The van der Waals surface area contributed by atoms with Gasteiger partial charge in [0.2, 0.25) is 0 Å². The summed E-state index contributed by atoms with van der Waals surface area (Å²) < 4.78 is 25.9. The Hall–Kier alpha value is -4.20. The summed E-state index contributed by atoms with van der Waals surface area (Å²) in [5.74, 6) is 1.83. The number of benzene rings is 3. The van der Waals surface area contributed by atoms with E-state index in [9.17, 15) is 4.39 Å². The van der Waals surface area contributed by atoms with Gasteiger partial charge in [-0.05, 0) is 48.5 Å². The SMILES string of the molecule is COc1ccc(CNc2nc3c(-c4ccc(F)cc4)nnn3c3ccccc23)c(OC)c1. The Kier molecular flexibility index (Phi) is 5.03. The van der Waals surface area contributed by atoms with Crippen LogP contribution in [0.2, 0.25) is 0 Å². The van der Waals surface area contributed by atoms with E-state index in [4.69, 9.17) is 14.5 Å². The van der Waals surface area contributed by atoms with Crippen molar-refractivity contribution in [2.24, 2.45) is 0 Å². The van der Waals surface area contributed by atoms with Crippen LogP contribution in [0.15, 0.2) is 66.7 Å². The Balaban J connectivity index is 1.59. The van der Waals surface area contributed by atoms with Crippen LogP contribution < -0.4 is 14.8 Å². The minimum atomic E-state index is -0.306. The number of ether oxygens (including phenoxy) is 2. The van der Waals surface area contributed by atoms with Crippen molar-refractivity contribution in [2.45, 2.75) is 6.54 Å². The maximum absolute atomic E-state index is 13.4. The first-order valence-electron chi connectivity index (χ1n) is 10.0. The zero-order valence-corrected chi connectivity index (χ0v) is 17.5. The number of fused-ring (bicyclic) bond motifs is 3. The van der Waals surface area contributed by atoms with Crippen molar-refractivity contribution in [2.75, 3.05) is 19.5 Å². The van der Waals surface area contributed by atoms with E-state index >= 15 is 0 Å². The number of rotatable bonds is 6. The number of hydrogen-bond donors (Lipinski definition) is 1. The molecule has 0 fully saturated rings. The molecule has 1 N–H and O–H groups in total. The van der Waals surface area contributed by atoms with Crippen LogP contribution in [0.4, 0.5) is 10.2 Å². The lowest BCUT2D eigenvalue weighted by Gasteiger charge is -2.13. The summed E-state index contributed by atoms with van der Waals surface area (Å²) in [6.07, 6.45) is 0. The summed E-state index contributed by atoms with van der Waals surface area (Å²) in [5.41, 5.74) is 3.74. The van der Waals surface area contributed by atoms with Crippen LogP contribution in [0.1, 0.15) is 5.56 Å². The van der Waals surface area contributed by atoms with E-state index in [0.29, 0.717) is 23.7 Å². The van der Waals surface area contributed by atoms with Crippen molar-refractivity contribution in [1.82, 2.24) is 19.8 Å². The highest BCUT2D eigenvalue weighted by molar-refractivity contribution is 5.93. The molecule has 0 aliphatic rings. The maximum atomic E-state index is 13.4. The third kappa shape index (κ3) is 3.45. The van der Waals surface area contributed by atoms with Gasteiger partial charge in [0, 0.05) is 29.1 Å². The van der Waals surface area contributed by atoms with E-state index in [2.05, 4.69) is 15.6 Å². The van der Waals surface area contributed by atoms with Crippen molar-refractivity contribution >= 4 is 22.4 Å². The number of nitrogens with one attached hydrogen (secondary N) is 1. The normalized spacial score (nSPS) is 11.1. The minimum Gasteiger partial charge on any atom is -0.497 e. The number of hydrogen-bond acceptors (Lipinski definition) is 6. The second kappa shape index (κ2) is 8.14. The van der Waals surface area contributed by atoms with Crippen LogP contribution in [0.5, 0.6) is 11.5 Å². The van der Waals surface area contributed by atoms with E-state index in [1.807, 2.05) is 42.5 Å². The molecule has 0 bridgehead atoms. The van der Waals surface area contributed by atoms with Crippen molar-refractivity contribution in [3.05, 3.63) is 78.1 Å². The molecule has 0 saturated carbocycles. The van der Waals surface area contributed by atoms with Crippen LogP contribution in [0, 0.1) is 5.82 Å². The van der Waals surface area contributed by atoms with Gasteiger partial charge < -0.3 is 14.8 Å². The Morgan fingerprint density at radius 2 is 1.78 bits per heavy atom. The number of halogens is 1. The first-order valence-corrected chi connectivity index (χ1v) is 10.0. The third-order valence-electron chi connectivity index (χ3n) is 5.31. The van der Waals surface area contributed by atoms with E-state index in [-0.39, 0.29) is 5.82 Å². The predicted molar refractivity (Wildman–Crippen MR) is 121 cm³/mol. The van der Waals surface area contributed by atoms with Gasteiger partial charge in [-0.1, -0.05) is 17.3 Å². The molecule has 2 aromatic heterocycles. The van der Waals surface area contributed by atoms with Gasteiger partial charge in [0.15, 0.2) is 5.65 Å². The van der Waals surface area contributed by atoms with Gasteiger partial charge in [-0.3, -0.25) is 0 Å². The van der Waals surface area contributed by atoms with Gasteiger partial charge in [-0.25, -0.2) is 9.37 Å². The fraction of sp³-hybridized carbons (Fsp3) is 0.125. The van der Waals surface area contributed by atoms with Gasteiger partial charge >= 0.3 is 0 Å². The van der Waals surface area contributed by atoms with Gasteiger partial charge in [-0.15, -0.1) is 5.10 Å². The molecule has 0 spiro atoms. The summed E-state index contributed by atoms with van der Waals surface area (Å²) in [5, 5.41) is 12.9. The maximum Gasteiger partial charge on any atom is 0.186 e. The molecule has 0 amide bonds. The quantitative estimate of drug-likeness (QED) is 0.421. The van der Waals surface area contributed by atoms with E-state index in [1.165, 1.54) is 12.1 Å². The van der Waals surface area contributed by atoms with Gasteiger partial charge in [0.25, 0.3) is 0 Å². The highest BCUT2D eigenvalue weighted by Gasteiger charge is 2.16. The third-order valence-corrected chi connectivity index (χ3v) is 5.31. The Morgan fingerprint density at radius 3 is 2.56 bits per heavy atom. The van der Waals surface area contributed by atoms with E-state index in [0.717, 1.165) is 33.5 Å². The highest BCUT2D eigenvalue weighted by Crippen LogP contribution is 2.30. The Bertz CT molecular complexity index is 1420. The Labute approximate surface area is 183 Å². The second-order valence-electron chi connectivity index (χ2n) is 7.19. The minimum absolute atomic E-state index is 0.306. The average molecular weight is 429 g/mol. The van der Waals surface area contributed by atoms with E-state index in [1.54, 1.807) is 30.9 Å². The molecule has 5 rings (SSSR count). The van der Waals surface area contributed by atoms with Gasteiger partial charge in [0.05, 0.1) is 19.7 Å². The number of anilines is 1. The molecule has 0 unspecified atom stereocenters. The highest BCUT2D eigenvalue weighted by atomic mass is 19.1. The van der Waals surface area contributed by atoms with Crippen LogP contribution in [0.3, 0.4) is 0 Å². The van der Waals surface area contributed by atoms with Gasteiger partial charge in [0.1, 0.15) is 28.8 Å². The fourth-order valence-electron chi connectivity index (χ4n) is 3.67. The molecule has 3 aromatic carbocycles. The fourth-order valence-corrected chi connectivity index (χ4v) is 3.67. The van der Waals surface area contributed by atoms with E-state index < -0.39 is 0 Å². The summed E-state index contributed by atoms with van der Waals surface area (Å²) in [6, 6.07) is 19.7. The summed E-state index contributed by atoms with van der Waals surface area (Å²) in [6.45, 7) is 0.494. The monoisotopic (exact) mass is 429 g/mol. The largest absolute Gasteiger partial charge is 0.497 e. The molecule has 0 aliphatic heterocycles. The molecule has 32 heavy (non-hydrogen) atoms. The van der Waals surface area contributed by atoms with Crippen molar-refractivity contribution in [1.29, 1.82) is 0 Å². The molecular weight excluding hydrogens is 409 g/mol. The molecule has 0 saturated heterocycles. The first-order chi connectivity index (χ1) is 15.7. The molecule has 0 aliphatic carbocycles. The summed E-state index contributed by atoms with van der Waals surface area (Å²) in [4.78, 5) is 4.83. The summed E-state index contributed by atoms with van der Waals surface area (Å²) in [7, 11) is 3.25. The molecule has 8 heteroatoms. The van der Waals surface area contributed by atoms with Crippen LogP contribution in [-0.2, 0) is 6.54 Å². The molecular formula is C24H20FN5O2.